The zero-order valence-electron chi connectivity index (χ0n) is 16.6. The highest BCUT2D eigenvalue weighted by Gasteiger charge is 2.34. The van der Waals surface area contributed by atoms with Crippen molar-refractivity contribution >= 4 is 50.9 Å². The van der Waals surface area contributed by atoms with E-state index in [2.05, 4.69) is 21.2 Å². The van der Waals surface area contributed by atoms with Gasteiger partial charge in [-0.25, -0.2) is 4.90 Å². The van der Waals surface area contributed by atoms with Crippen molar-refractivity contribution in [3.8, 4) is 11.5 Å². The Morgan fingerprint density at radius 2 is 1.81 bits per heavy atom. The van der Waals surface area contributed by atoms with Crippen molar-refractivity contribution in [1.82, 2.24) is 5.32 Å². The number of halogens is 1. The lowest BCUT2D eigenvalue weighted by molar-refractivity contribution is -0.113. The molecule has 158 valence electrons. The number of thiocarbonyl (C=S) groups is 1. The second kappa shape index (κ2) is 9.36. The van der Waals surface area contributed by atoms with Gasteiger partial charge in [0.2, 0.25) is 0 Å². The number of amides is 1. The fraction of sp³-hybridized carbons (Fsp3) is 0.130. The molecular formula is C23H19BrN2O4S. The molecule has 31 heavy (non-hydrogen) atoms. The number of nitrogens with one attached hydrogen (secondary N) is 1. The Hall–Kier alpha value is -3.10. The molecule has 0 spiro atoms. The molecule has 6 nitrogen and oxygen atoms in total. The number of ether oxygens (including phenoxy) is 2. The predicted octanol–water partition coefficient (Wildman–Crippen LogP) is 5.28. The van der Waals surface area contributed by atoms with E-state index in [0.29, 0.717) is 35.3 Å². The molecule has 0 bridgehead atoms. The van der Waals surface area contributed by atoms with E-state index in [1.807, 2.05) is 49.4 Å². The van der Waals surface area contributed by atoms with Gasteiger partial charge in [0, 0.05) is 6.08 Å². The number of anilines is 1. The highest BCUT2D eigenvalue weighted by atomic mass is 79.9. The minimum atomic E-state index is -0.278. The van der Waals surface area contributed by atoms with Crippen LogP contribution in [0.4, 0.5) is 5.69 Å². The Labute approximate surface area is 193 Å². The summed E-state index contributed by atoms with van der Waals surface area (Å²) in [6.07, 6.45) is 1.62. The first kappa shape index (κ1) is 21.1. The van der Waals surface area contributed by atoms with Crippen molar-refractivity contribution in [2.45, 2.75) is 13.5 Å². The van der Waals surface area contributed by atoms with E-state index in [9.17, 15) is 4.79 Å². The van der Waals surface area contributed by atoms with E-state index in [0.717, 1.165) is 10.2 Å². The molecule has 0 aliphatic carbocycles. The molecule has 1 aromatic heterocycles. The van der Waals surface area contributed by atoms with E-state index >= 15 is 0 Å². The second-order valence-corrected chi connectivity index (χ2v) is 7.79. The van der Waals surface area contributed by atoms with Gasteiger partial charge in [-0.3, -0.25) is 4.79 Å². The van der Waals surface area contributed by atoms with E-state index in [1.165, 1.54) is 4.90 Å². The summed E-state index contributed by atoms with van der Waals surface area (Å²) in [6, 6.07) is 18.5. The molecule has 1 fully saturated rings. The molecule has 0 radical (unpaired) electrons. The Balaban J connectivity index is 1.50. The number of carbonyl (C=O) groups is 1. The molecule has 0 atom stereocenters. The first-order chi connectivity index (χ1) is 15.1. The number of rotatable bonds is 7. The molecule has 1 saturated heterocycles. The third-order valence-corrected chi connectivity index (χ3v) is 5.40. The van der Waals surface area contributed by atoms with Gasteiger partial charge in [-0.2, -0.15) is 0 Å². The summed E-state index contributed by atoms with van der Waals surface area (Å²) in [5.41, 5.74) is 0.918. The van der Waals surface area contributed by atoms with Gasteiger partial charge >= 0.3 is 0 Å². The molecule has 2 aromatic carbocycles. The number of hydrogen-bond acceptors (Lipinski definition) is 5. The van der Waals surface area contributed by atoms with Crippen LogP contribution in [0.2, 0.25) is 0 Å². The lowest BCUT2D eigenvalue weighted by atomic mass is 10.2. The standard InChI is InChI=1S/C23H19BrN2O4S/c1-2-28-21-10-6-4-8-19(21)26-22(27)18(25-23(26)31)13-15-11-12-16(30-15)14-29-20-9-5-3-7-17(20)24/h3-13H,2,14H2,1H3,(H,25,31)/b18-13+. The van der Waals surface area contributed by atoms with E-state index in [-0.39, 0.29) is 17.6 Å². The van der Waals surface area contributed by atoms with Gasteiger partial charge in [0.25, 0.3) is 5.91 Å². The molecule has 0 saturated carbocycles. The predicted molar refractivity (Wildman–Crippen MR) is 126 cm³/mol. The summed E-state index contributed by atoms with van der Waals surface area (Å²) < 4.78 is 18.1. The van der Waals surface area contributed by atoms with Crippen LogP contribution < -0.4 is 19.7 Å². The van der Waals surface area contributed by atoms with E-state index in [1.54, 1.807) is 24.3 Å². The largest absolute Gasteiger partial charge is 0.492 e. The molecule has 1 aliphatic heterocycles. The van der Waals surface area contributed by atoms with E-state index < -0.39 is 0 Å². The fourth-order valence-corrected chi connectivity index (χ4v) is 3.77. The van der Waals surface area contributed by atoms with Gasteiger partial charge in [0.05, 0.1) is 16.8 Å². The summed E-state index contributed by atoms with van der Waals surface area (Å²) in [6.45, 7) is 2.64. The van der Waals surface area contributed by atoms with Crippen molar-refractivity contribution in [3.63, 3.8) is 0 Å². The van der Waals surface area contributed by atoms with Crippen LogP contribution in [0.3, 0.4) is 0 Å². The monoisotopic (exact) mass is 498 g/mol. The Bertz CT molecular complexity index is 1160. The van der Waals surface area contributed by atoms with Gasteiger partial charge in [-0.05, 0) is 71.5 Å². The van der Waals surface area contributed by atoms with Crippen LogP contribution in [0.1, 0.15) is 18.4 Å². The number of benzene rings is 2. The topological polar surface area (TPSA) is 63.9 Å². The maximum absolute atomic E-state index is 13.0. The lowest BCUT2D eigenvalue weighted by Gasteiger charge is -2.17. The molecule has 8 heteroatoms. The maximum Gasteiger partial charge on any atom is 0.281 e. The SMILES string of the molecule is CCOc1ccccc1N1C(=O)/C(=C\c2ccc(COc3ccccc3Br)o2)NC1=S. The number of hydrogen-bond donors (Lipinski definition) is 1. The smallest absolute Gasteiger partial charge is 0.281 e. The number of nitrogens with zero attached hydrogens (tertiary/aromatic N) is 1. The van der Waals surface area contributed by atoms with Crippen LogP contribution in [-0.4, -0.2) is 17.6 Å². The normalized spacial score (nSPS) is 14.8. The summed E-state index contributed by atoms with van der Waals surface area (Å²) in [7, 11) is 0. The van der Waals surface area contributed by atoms with Crippen LogP contribution in [0.5, 0.6) is 11.5 Å². The summed E-state index contributed by atoms with van der Waals surface area (Å²) in [4.78, 5) is 14.4. The minimum absolute atomic E-state index is 0.263. The Kier molecular flexibility index (Phi) is 6.39. The molecule has 3 aromatic rings. The minimum Gasteiger partial charge on any atom is -0.492 e. The first-order valence-electron chi connectivity index (χ1n) is 9.62. The molecular weight excluding hydrogens is 480 g/mol. The number of carbonyl (C=O) groups excluding carboxylic acids is 1. The zero-order chi connectivity index (χ0) is 21.8. The molecule has 2 heterocycles. The second-order valence-electron chi connectivity index (χ2n) is 6.55. The Morgan fingerprint density at radius 1 is 1.06 bits per heavy atom. The van der Waals surface area contributed by atoms with Crippen LogP contribution >= 0.6 is 28.1 Å². The number of para-hydroxylation sites is 3. The molecule has 1 amide bonds. The summed E-state index contributed by atoms with van der Waals surface area (Å²) >= 11 is 8.84. The van der Waals surface area contributed by atoms with Crippen LogP contribution in [0.15, 0.2) is 75.3 Å². The average Bonchev–Trinajstić information content (AvgIpc) is 3.32. The third-order valence-electron chi connectivity index (χ3n) is 4.46. The first-order valence-corrected chi connectivity index (χ1v) is 10.8. The van der Waals surface area contributed by atoms with Gasteiger partial charge in [0.15, 0.2) is 5.11 Å². The van der Waals surface area contributed by atoms with Gasteiger partial charge in [0.1, 0.15) is 35.3 Å². The maximum atomic E-state index is 13.0. The zero-order valence-corrected chi connectivity index (χ0v) is 19.0. The van der Waals surface area contributed by atoms with Gasteiger partial charge < -0.3 is 19.2 Å². The van der Waals surface area contributed by atoms with Crippen molar-refractivity contribution in [2.75, 3.05) is 11.5 Å². The van der Waals surface area contributed by atoms with Crippen LogP contribution in [0.25, 0.3) is 6.08 Å². The molecule has 0 unspecified atom stereocenters. The Morgan fingerprint density at radius 3 is 2.58 bits per heavy atom. The lowest BCUT2D eigenvalue weighted by Crippen LogP contribution is -2.30. The van der Waals surface area contributed by atoms with Crippen molar-refractivity contribution in [3.05, 3.63) is 82.4 Å². The quantitative estimate of drug-likeness (QED) is 0.353. The summed E-state index contributed by atoms with van der Waals surface area (Å²) in [5, 5.41) is 3.25. The van der Waals surface area contributed by atoms with Gasteiger partial charge in [-0.1, -0.05) is 24.3 Å². The summed E-state index contributed by atoms with van der Waals surface area (Å²) in [5.74, 6) is 2.19. The molecule has 1 N–H and O–H groups in total. The van der Waals surface area contributed by atoms with Crippen LogP contribution in [-0.2, 0) is 11.4 Å². The highest BCUT2D eigenvalue weighted by Crippen LogP contribution is 2.32. The van der Waals surface area contributed by atoms with Crippen molar-refractivity contribution in [1.29, 1.82) is 0 Å². The molecule has 4 rings (SSSR count). The van der Waals surface area contributed by atoms with Crippen LogP contribution in [0, 0.1) is 0 Å². The third kappa shape index (κ3) is 4.65. The molecule has 1 aliphatic rings. The van der Waals surface area contributed by atoms with Crippen molar-refractivity contribution < 1.29 is 18.7 Å². The number of furan rings is 1. The fourth-order valence-electron chi connectivity index (χ4n) is 3.08. The average molecular weight is 499 g/mol. The van der Waals surface area contributed by atoms with Gasteiger partial charge in [-0.15, -0.1) is 0 Å². The highest BCUT2D eigenvalue weighted by molar-refractivity contribution is 9.10. The van der Waals surface area contributed by atoms with Crippen molar-refractivity contribution in [2.24, 2.45) is 0 Å². The van der Waals surface area contributed by atoms with E-state index in [4.69, 9.17) is 26.1 Å².